The molecule has 1 aliphatic heterocycles. The predicted octanol–water partition coefficient (Wildman–Crippen LogP) is 3.96. The number of nitrogens with zero attached hydrogens (tertiary/aromatic N) is 1. The van der Waals surface area contributed by atoms with Crippen molar-refractivity contribution in [3.8, 4) is 0 Å². The van der Waals surface area contributed by atoms with Crippen molar-refractivity contribution in [1.29, 1.82) is 0 Å². The number of nitrogen functional groups attached to an aromatic ring is 1. The first kappa shape index (κ1) is 15.2. The predicted molar refractivity (Wildman–Crippen MR) is 84.0 cm³/mol. The highest BCUT2D eigenvalue weighted by Crippen LogP contribution is 2.24. The summed E-state index contributed by atoms with van der Waals surface area (Å²) in [4.78, 5) is 14.5. The second kappa shape index (κ2) is 6.98. The van der Waals surface area contributed by atoms with Crippen LogP contribution in [0.15, 0.2) is 18.2 Å². The number of amides is 1. The zero-order valence-electron chi connectivity index (χ0n) is 12.1. The molecule has 0 aromatic heterocycles. The molecule has 1 atom stereocenters. The molecular weight excluding hydrogens is 272 g/mol. The van der Waals surface area contributed by atoms with Gasteiger partial charge in [-0.1, -0.05) is 31.4 Å². The number of halogens is 1. The van der Waals surface area contributed by atoms with E-state index in [1.807, 2.05) is 4.90 Å². The number of hydrogen-bond donors (Lipinski definition) is 1. The zero-order chi connectivity index (χ0) is 14.5. The van der Waals surface area contributed by atoms with Gasteiger partial charge < -0.3 is 10.6 Å². The molecule has 0 aliphatic carbocycles. The van der Waals surface area contributed by atoms with Gasteiger partial charge in [0.05, 0.1) is 10.7 Å². The summed E-state index contributed by atoms with van der Waals surface area (Å²) in [6.07, 6.45) is 5.95. The standard InChI is InChI=1S/C16H23ClN2O/c1-2-4-12-5-3-9-19(10-8-12)16(20)13-6-7-14(17)15(18)11-13/h6-7,11-12H,2-5,8-10,18H2,1H3. The van der Waals surface area contributed by atoms with Crippen LogP contribution in [0.1, 0.15) is 49.4 Å². The second-order valence-corrected chi connectivity index (χ2v) is 6.02. The molecule has 0 bridgehead atoms. The lowest BCUT2D eigenvalue weighted by molar-refractivity contribution is 0.0760. The maximum atomic E-state index is 12.5. The molecule has 1 amide bonds. The molecule has 0 radical (unpaired) electrons. The summed E-state index contributed by atoms with van der Waals surface area (Å²) < 4.78 is 0. The SMILES string of the molecule is CCCC1CCCN(C(=O)c2ccc(Cl)c(N)c2)CC1. The molecule has 110 valence electrons. The third-order valence-corrected chi connectivity index (χ3v) is 4.42. The Labute approximate surface area is 126 Å². The van der Waals surface area contributed by atoms with E-state index in [-0.39, 0.29) is 5.91 Å². The molecule has 1 heterocycles. The number of carbonyl (C=O) groups excluding carboxylic acids is 1. The lowest BCUT2D eigenvalue weighted by Crippen LogP contribution is -2.32. The molecular formula is C16H23ClN2O. The average molecular weight is 295 g/mol. The molecule has 0 spiro atoms. The van der Waals surface area contributed by atoms with Crippen molar-refractivity contribution in [3.05, 3.63) is 28.8 Å². The number of hydrogen-bond acceptors (Lipinski definition) is 2. The normalized spacial score (nSPS) is 19.7. The topological polar surface area (TPSA) is 46.3 Å². The molecule has 2 rings (SSSR count). The summed E-state index contributed by atoms with van der Waals surface area (Å²) in [6.45, 7) is 3.93. The molecule has 1 fully saturated rings. The first-order valence-corrected chi connectivity index (χ1v) is 7.84. The van der Waals surface area contributed by atoms with Gasteiger partial charge in [-0.25, -0.2) is 0 Å². The number of nitrogens with two attached hydrogens (primary N) is 1. The van der Waals surface area contributed by atoms with E-state index >= 15 is 0 Å². The molecule has 1 aliphatic rings. The Morgan fingerprint density at radius 1 is 1.40 bits per heavy atom. The van der Waals surface area contributed by atoms with Gasteiger partial charge in [-0.3, -0.25) is 4.79 Å². The summed E-state index contributed by atoms with van der Waals surface area (Å²) in [5.74, 6) is 0.846. The summed E-state index contributed by atoms with van der Waals surface area (Å²) in [5, 5.41) is 0.500. The number of rotatable bonds is 3. The van der Waals surface area contributed by atoms with Crippen LogP contribution in [0.5, 0.6) is 0 Å². The monoisotopic (exact) mass is 294 g/mol. The van der Waals surface area contributed by atoms with Crippen LogP contribution < -0.4 is 5.73 Å². The zero-order valence-corrected chi connectivity index (χ0v) is 12.8. The van der Waals surface area contributed by atoms with Crippen molar-refractivity contribution in [2.24, 2.45) is 5.92 Å². The van der Waals surface area contributed by atoms with E-state index < -0.39 is 0 Å². The Bertz CT molecular complexity index is 476. The summed E-state index contributed by atoms with van der Waals surface area (Å²) in [6, 6.07) is 5.14. The Morgan fingerprint density at radius 3 is 2.90 bits per heavy atom. The Morgan fingerprint density at radius 2 is 2.20 bits per heavy atom. The molecule has 3 nitrogen and oxygen atoms in total. The van der Waals surface area contributed by atoms with Crippen LogP contribution in [0.2, 0.25) is 5.02 Å². The van der Waals surface area contributed by atoms with Crippen LogP contribution >= 0.6 is 11.6 Å². The minimum atomic E-state index is 0.0746. The lowest BCUT2D eigenvalue weighted by atomic mass is 9.96. The lowest BCUT2D eigenvalue weighted by Gasteiger charge is -2.21. The smallest absolute Gasteiger partial charge is 0.253 e. The van der Waals surface area contributed by atoms with Gasteiger partial charge in [0.15, 0.2) is 0 Å². The van der Waals surface area contributed by atoms with Crippen molar-refractivity contribution in [2.75, 3.05) is 18.8 Å². The van der Waals surface area contributed by atoms with Gasteiger partial charge in [0.25, 0.3) is 5.91 Å². The second-order valence-electron chi connectivity index (χ2n) is 5.61. The van der Waals surface area contributed by atoms with Crippen LogP contribution in [0.3, 0.4) is 0 Å². The maximum absolute atomic E-state index is 12.5. The van der Waals surface area contributed by atoms with Crippen molar-refractivity contribution in [1.82, 2.24) is 4.90 Å². The van der Waals surface area contributed by atoms with Gasteiger partial charge in [-0.15, -0.1) is 0 Å². The Kier molecular flexibility index (Phi) is 5.30. The number of benzene rings is 1. The highest BCUT2D eigenvalue weighted by molar-refractivity contribution is 6.33. The van der Waals surface area contributed by atoms with Crippen molar-refractivity contribution < 1.29 is 4.79 Å². The molecule has 20 heavy (non-hydrogen) atoms. The fourth-order valence-corrected chi connectivity index (χ4v) is 3.04. The van der Waals surface area contributed by atoms with E-state index in [2.05, 4.69) is 6.92 Å². The minimum absolute atomic E-state index is 0.0746. The molecule has 1 aromatic rings. The van der Waals surface area contributed by atoms with Gasteiger partial charge in [-0.05, 0) is 43.4 Å². The molecule has 1 saturated heterocycles. The van der Waals surface area contributed by atoms with Crippen molar-refractivity contribution >= 4 is 23.2 Å². The summed E-state index contributed by atoms with van der Waals surface area (Å²) >= 11 is 5.90. The maximum Gasteiger partial charge on any atom is 0.253 e. The van der Waals surface area contributed by atoms with Crippen LogP contribution in [0, 0.1) is 5.92 Å². The van der Waals surface area contributed by atoms with E-state index in [1.54, 1.807) is 18.2 Å². The average Bonchev–Trinajstić information content (AvgIpc) is 2.67. The Hall–Kier alpha value is -1.22. The highest BCUT2D eigenvalue weighted by Gasteiger charge is 2.21. The van der Waals surface area contributed by atoms with Gasteiger partial charge in [0, 0.05) is 18.7 Å². The summed E-state index contributed by atoms with van der Waals surface area (Å²) in [5.41, 5.74) is 6.89. The molecule has 2 N–H and O–H groups in total. The number of carbonyl (C=O) groups is 1. The molecule has 1 unspecified atom stereocenters. The Balaban J connectivity index is 2.03. The van der Waals surface area contributed by atoms with E-state index in [9.17, 15) is 4.79 Å². The minimum Gasteiger partial charge on any atom is -0.398 e. The number of likely N-dealkylation sites (tertiary alicyclic amines) is 1. The first-order chi connectivity index (χ1) is 9.61. The van der Waals surface area contributed by atoms with Gasteiger partial charge in [-0.2, -0.15) is 0 Å². The van der Waals surface area contributed by atoms with Crippen molar-refractivity contribution in [2.45, 2.75) is 39.0 Å². The van der Waals surface area contributed by atoms with Crippen LogP contribution in [0.25, 0.3) is 0 Å². The molecule has 1 aromatic carbocycles. The first-order valence-electron chi connectivity index (χ1n) is 7.46. The van der Waals surface area contributed by atoms with E-state index in [1.165, 1.54) is 19.3 Å². The van der Waals surface area contributed by atoms with Gasteiger partial charge in [0.1, 0.15) is 0 Å². The van der Waals surface area contributed by atoms with E-state index in [0.29, 0.717) is 16.3 Å². The summed E-state index contributed by atoms with van der Waals surface area (Å²) in [7, 11) is 0. The number of anilines is 1. The quantitative estimate of drug-likeness (QED) is 0.858. The fourth-order valence-electron chi connectivity index (χ4n) is 2.92. The van der Waals surface area contributed by atoms with Crippen LogP contribution in [0.4, 0.5) is 5.69 Å². The highest BCUT2D eigenvalue weighted by atomic mass is 35.5. The van der Waals surface area contributed by atoms with Crippen molar-refractivity contribution in [3.63, 3.8) is 0 Å². The third-order valence-electron chi connectivity index (χ3n) is 4.07. The third kappa shape index (κ3) is 3.66. The molecule has 4 heteroatoms. The molecule has 0 saturated carbocycles. The fraction of sp³-hybridized carbons (Fsp3) is 0.562. The van der Waals surface area contributed by atoms with Gasteiger partial charge >= 0.3 is 0 Å². The van der Waals surface area contributed by atoms with Gasteiger partial charge in [0.2, 0.25) is 0 Å². The largest absolute Gasteiger partial charge is 0.398 e. The van der Waals surface area contributed by atoms with Crippen LogP contribution in [-0.2, 0) is 0 Å². The van der Waals surface area contributed by atoms with E-state index in [4.69, 9.17) is 17.3 Å². The van der Waals surface area contributed by atoms with E-state index in [0.717, 1.165) is 31.8 Å². The van der Waals surface area contributed by atoms with Crippen LogP contribution in [-0.4, -0.2) is 23.9 Å².